The first-order chi connectivity index (χ1) is 11.4. The Bertz CT molecular complexity index is 819. The van der Waals surface area contributed by atoms with E-state index >= 15 is 0 Å². The number of anilines is 1. The van der Waals surface area contributed by atoms with Crippen molar-refractivity contribution in [2.24, 2.45) is 0 Å². The lowest BCUT2D eigenvalue weighted by atomic mass is 10.1. The van der Waals surface area contributed by atoms with Gasteiger partial charge in [0, 0.05) is 12.1 Å². The molecule has 0 radical (unpaired) electrons. The Hall–Kier alpha value is -2.68. The molecule has 0 aliphatic rings. The van der Waals surface area contributed by atoms with Crippen LogP contribution in [-0.2, 0) is 6.54 Å². The molecule has 2 aromatic carbocycles. The SMILES string of the molecule is C=C/C=C(C)\C=C/C.Cc1ccccc1CNc1c(C)c(=O)c1=O. The van der Waals surface area contributed by atoms with E-state index in [4.69, 9.17) is 0 Å². The molecule has 0 saturated heterocycles. The number of hydrogen-bond acceptors (Lipinski definition) is 3. The third-order valence-corrected chi connectivity index (χ3v) is 3.68. The van der Waals surface area contributed by atoms with Crippen LogP contribution < -0.4 is 16.2 Å². The van der Waals surface area contributed by atoms with E-state index in [2.05, 4.69) is 11.9 Å². The second-order valence-corrected chi connectivity index (χ2v) is 5.58. The van der Waals surface area contributed by atoms with Crippen molar-refractivity contribution in [2.45, 2.75) is 34.2 Å². The quantitative estimate of drug-likeness (QED) is 0.662. The van der Waals surface area contributed by atoms with Gasteiger partial charge in [-0.05, 0) is 38.8 Å². The second-order valence-electron chi connectivity index (χ2n) is 5.58. The molecule has 24 heavy (non-hydrogen) atoms. The van der Waals surface area contributed by atoms with E-state index in [9.17, 15) is 9.59 Å². The molecule has 0 spiro atoms. The van der Waals surface area contributed by atoms with Crippen molar-refractivity contribution >= 4 is 5.69 Å². The van der Waals surface area contributed by atoms with Crippen LogP contribution in [0.5, 0.6) is 0 Å². The highest BCUT2D eigenvalue weighted by molar-refractivity contribution is 5.55. The van der Waals surface area contributed by atoms with Gasteiger partial charge in [0.1, 0.15) is 0 Å². The Kier molecular flexibility index (Phi) is 7.63. The van der Waals surface area contributed by atoms with Gasteiger partial charge in [-0.2, -0.15) is 0 Å². The summed E-state index contributed by atoms with van der Waals surface area (Å²) in [6.07, 6.45) is 7.81. The molecule has 0 unspecified atom stereocenters. The molecule has 3 heteroatoms. The summed E-state index contributed by atoms with van der Waals surface area (Å²) in [4.78, 5) is 22.2. The zero-order valence-corrected chi connectivity index (χ0v) is 14.8. The van der Waals surface area contributed by atoms with Crippen LogP contribution in [0.15, 0.2) is 70.3 Å². The van der Waals surface area contributed by atoms with Crippen LogP contribution in [0.2, 0.25) is 0 Å². The lowest BCUT2D eigenvalue weighted by Gasteiger charge is -2.11. The molecular weight excluding hydrogens is 298 g/mol. The highest BCUT2D eigenvalue weighted by atomic mass is 16.2. The third-order valence-electron chi connectivity index (χ3n) is 3.68. The molecule has 0 aliphatic heterocycles. The zero-order chi connectivity index (χ0) is 18.1. The van der Waals surface area contributed by atoms with Gasteiger partial charge >= 0.3 is 0 Å². The minimum Gasteiger partial charge on any atom is -0.377 e. The molecule has 0 fully saturated rings. The third kappa shape index (κ3) is 5.20. The van der Waals surface area contributed by atoms with Gasteiger partial charge < -0.3 is 5.32 Å². The Morgan fingerprint density at radius 3 is 2.38 bits per heavy atom. The Balaban J connectivity index is 0.000000307. The lowest BCUT2D eigenvalue weighted by molar-refractivity contribution is 1.09. The average Bonchev–Trinajstić information content (AvgIpc) is 2.57. The van der Waals surface area contributed by atoms with Crippen LogP contribution in [0.25, 0.3) is 0 Å². The molecule has 1 N–H and O–H groups in total. The minimum absolute atomic E-state index is 0.368. The number of benzene rings is 1. The predicted molar refractivity (Wildman–Crippen MR) is 103 cm³/mol. The van der Waals surface area contributed by atoms with Gasteiger partial charge in [-0.1, -0.05) is 60.7 Å². The molecule has 0 heterocycles. The summed E-state index contributed by atoms with van der Waals surface area (Å²) in [7, 11) is 0. The number of aryl methyl sites for hydroxylation is 1. The van der Waals surface area contributed by atoms with Gasteiger partial charge in [-0.25, -0.2) is 0 Å². The Morgan fingerprint density at radius 2 is 1.83 bits per heavy atom. The fourth-order valence-electron chi connectivity index (χ4n) is 2.21. The van der Waals surface area contributed by atoms with Crippen LogP contribution in [0.4, 0.5) is 5.69 Å². The number of allylic oxidation sites excluding steroid dienone is 5. The topological polar surface area (TPSA) is 46.2 Å². The molecule has 2 rings (SSSR count). The summed E-state index contributed by atoms with van der Waals surface area (Å²) in [5.41, 5.74) is 3.79. The van der Waals surface area contributed by atoms with Gasteiger partial charge in [0.05, 0.1) is 5.69 Å². The minimum atomic E-state index is -0.397. The fourth-order valence-corrected chi connectivity index (χ4v) is 2.21. The maximum Gasteiger partial charge on any atom is 0.249 e. The van der Waals surface area contributed by atoms with Crippen LogP contribution >= 0.6 is 0 Å². The van der Waals surface area contributed by atoms with Crippen molar-refractivity contribution in [3.8, 4) is 0 Å². The highest BCUT2D eigenvalue weighted by Crippen LogP contribution is 2.11. The molecule has 0 saturated carbocycles. The summed E-state index contributed by atoms with van der Waals surface area (Å²) in [5.74, 6) is 0. The first-order valence-corrected chi connectivity index (χ1v) is 7.92. The molecular formula is C21H25NO2. The van der Waals surface area contributed by atoms with Crippen molar-refractivity contribution in [2.75, 3.05) is 5.32 Å². The molecule has 0 atom stereocenters. The first-order valence-electron chi connectivity index (χ1n) is 7.92. The van der Waals surface area contributed by atoms with E-state index in [1.807, 2.05) is 63.3 Å². The summed E-state index contributed by atoms with van der Waals surface area (Å²) in [5, 5.41) is 3.02. The van der Waals surface area contributed by atoms with Crippen LogP contribution in [0.1, 0.15) is 30.5 Å². The predicted octanol–water partition coefficient (Wildman–Crippen LogP) is 4.21. The van der Waals surface area contributed by atoms with E-state index in [1.165, 1.54) is 11.1 Å². The van der Waals surface area contributed by atoms with Crippen LogP contribution in [-0.4, -0.2) is 0 Å². The Labute approximate surface area is 143 Å². The van der Waals surface area contributed by atoms with E-state index < -0.39 is 5.43 Å². The molecule has 0 amide bonds. The fraction of sp³-hybridized carbons (Fsp3) is 0.238. The normalized spacial score (nSPS) is 11.2. The van der Waals surface area contributed by atoms with Gasteiger partial charge in [-0.15, -0.1) is 0 Å². The van der Waals surface area contributed by atoms with E-state index in [0.29, 0.717) is 17.8 Å². The molecule has 3 nitrogen and oxygen atoms in total. The largest absolute Gasteiger partial charge is 0.377 e. The number of rotatable bonds is 5. The molecule has 0 bridgehead atoms. The maximum atomic E-state index is 11.2. The smallest absolute Gasteiger partial charge is 0.249 e. The Morgan fingerprint density at radius 1 is 1.17 bits per heavy atom. The molecule has 126 valence electrons. The van der Waals surface area contributed by atoms with Crippen molar-refractivity contribution in [1.82, 2.24) is 0 Å². The van der Waals surface area contributed by atoms with Crippen LogP contribution in [0.3, 0.4) is 0 Å². The summed E-state index contributed by atoms with van der Waals surface area (Å²) in [6, 6.07) is 7.95. The van der Waals surface area contributed by atoms with Crippen molar-refractivity contribution in [3.05, 3.63) is 97.9 Å². The van der Waals surface area contributed by atoms with E-state index in [-0.39, 0.29) is 5.43 Å². The van der Waals surface area contributed by atoms with Gasteiger partial charge in [0.2, 0.25) is 10.9 Å². The van der Waals surface area contributed by atoms with Crippen molar-refractivity contribution < 1.29 is 0 Å². The summed E-state index contributed by atoms with van der Waals surface area (Å²) in [6.45, 7) is 11.9. The van der Waals surface area contributed by atoms with Gasteiger partial charge in [0.25, 0.3) is 0 Å². The number of nitrogens with one attached hydrogen (secondary N) is 1. The molecule has 0 aromatic heterocycles. The van der Waals surface area contributed by atoms with Crippen molar-refractivity contribution in [1.29, 1.82) is 0 Å². The van der Waals surface area contributed by atoms with Gasteiger partial charge in [-0.3, -0.25) is 9.59 Å². The van der Waals surface area contributed by atoms with Crippen LogP contribution in [0, 0.1) is 13.8 Å². The molecule has 0 aliphatic carbocycles. The summed E-state index contributed by atoms with van der Waals surface area (Å²) >= 11 is 0. The second kappa shape index (κ2) is 9.46. The maximum absolute atomic E-state index is 11.2. The van der Waals surface area contributed by atoms with Crippen molar-refractivity contribution in [3.63, 3.8) is 0 Å². The highest BCUT2D eigenvalue weighted by Gasteiger charge is 2.15. The monoisotopic (exact) mass is 323 g/mol. The average molecular weight is 323 g/mol. The number of hydrogen-bond donors (Lipinski definition) is 1. The standard InChI is InChI=1S/C13H13NO2.C8H12/c1-8-5-3-4-6-10(8)7-14-11-9(2)12(15)13(11)16;1-4-6-8(3)7-5-2/h3-6,14H,7H2,1-2H3;4-7H,1H2,2-3H3/b;7-5-,8-6-. The van der Waals surface area contributed by atoms with E-state index in [0.717, 1.165) is 5.56 Å². The first kappa shape index (κ1) is 19.4. The lowest BCUT2D eigenvalue weighted by Crippen LogP contribution is -2.36. The zero-order valence-electron chi connectivity index (χ0n) is 14.8. The van der Waals surface area contributed by atoms with E-state index in [1.54, 1.807) is 13.0 Å². The molecule has 2 aromatic rings. The summed E-state index contributed by atoms with van der Waals surface area (Å²) < 4.78 is 0. The van der Waals surface area contributed by atoms with Gasteiger partial charge in [0.15, 0.2) is 0 Å².